The van der Waals surface area contributed by atoms with Crippen molar-refractivity contribution in [3.05, 3.63) is 12.2 Å². The highest BCUT2D eigenvalue weighted by Gasteiger charge is 2.29. The van der Waals surface area contributed by atoms with Crippen molar-refractivity contribution in [3.63, 3.8) is 0 Å². The second-order valence-corrected chi connectivity index (χ2v) is 5.79. The van der Waals surface area contributed by atoms with Crippen LogP contribution >= 0.6 is 0 Å². The van der Waals surface area contributed by atoms with Crippen LogP contribution in [0.5, 0.6) is 0 Å². The largest absolute Gasteiger partial charge is 0.340 e. The Morgan fingerprint density at radius 1 is 1.53 bits per heavy atom. The fourth-order valence-electron chi connectivity index (χ4n) is 2.90. The Balaban J connectivity index is 1.91. The number of aromatic nitrogens is 2. The third-order valence-corrected chi connectivity index (χ3v) is 3.97. The Morgan fingerprint density at radius 2 is 2.37 bits per heavy atom. The van der Waals surface area contributed by atoms with Crippen molar-refractivity contribution < 1.29 is 4.52 Å². The molecule has 1 saturated heterocycles. The van der Waals surface area contributed by atoms with Gasteiger partial charge in [-0.3, -0.25) is 4.90 Å². The van der Waals surface area contributed by atoms with E-state index in [-0.39, 0.29) is 0 Å². The number of hydrogen-bond donors (Lipinski definition) is 1. The summed E-state index contributed by atoms with van der Waals surface area (Å²) in [4.78, 5) is 6.69. The lowest BCUT2D eigenvalue weighted by atomic mass is 9.97. The highest BCUT2D eigenvalue weighted by atomic mass is 16.5. The van der Waals surface area contributed by atoms with Gasteiger partial charge in [0.1, 0.15) is 0 Å². The molecule has 2 unspecified atom stereocenters. The summed E-state index contributed by atoms with van der Waals surface area (Å²) in [5.41, 5.74) is 0. The zero-order valence-corrected chi connectivity index (χ0v) is 12.3. The van der Waals surface area contributed by atoms with E-state index < -0.39 is 0 Å². The van der Waals surface area contributed by atoms with Gasteiger partial charge in [-0.2, -0.15) is 4.98 Å². The summed E-state index contributed by atoms with van der Waals surface area (Å²) in [5, 5.41) is 7.35. The van der Waals surface area contributed by atoms with Crippen molar-refractivity contribution in [1.29, 1.82) is 0 Å². The standard InChI is InChI=1S/C14H26N4O/c1-4-5-12-9-18(13(8-15-12)11(2)3)7-6-14-16-10-17-19-14/h10-13,15H,4-9H2,1-3H3. The summed E-state index contributed by atoms with van der Waals surface area (Å²) in [7, 11) is 0. The van der Waals surface area contributed by atoms with Gasteiger partial charge in [0.15, 0.2) is 6.33 Å². The Kier molecular flexibility index (Phi) is 5.34. The minimum absolute atomic E-state index is 0.607. The highest BCUT2D eigenvalue weighted by molar-refractivity contribution is 4.89. The van der Waals surface area contributed by atoms with E-state index in [4.69, 9.17) is 4.52 Å². The van der Waals surface area contributed by atoms with E-state index >= 15 is 0 Å². The first-order valence-electron chi connectivity index (χ1n) is 7.43. The first-order valence-corrected chi connectivity index (χ1v) is 7.43. The lowest BCUT2D eigenvalue weighted by Crippen LogP contribution is -2.58. The average Bonchev–Trinajstić information content (AvgIpc) is 2.89. The zero-order chi connectivity index (χ0) is 13.7. The van der Waals surface area contributed by atoms with Crippen LogP contribution in [-0.2, 0) is 6.42 Å². The van der Waals surface area contributed by atoms with E-state index in [9.17, 15) is 0 Å². The minimum atomic E-state index is 0.607. The highest BCUT2D eigenvalue weighted by Crippen LogP contribution is 2.17. The molecule has 5 nitrogen and oxygen atoms in total. The monoisotopic (exact) mass is 266 g/mol. The molecule has 1 aromatic rings. The molecule has 1 N–H and O–H groups in total. The fourth-order valence-corrected chi connectivity index (χ4v) is 2.90. The number of rotatable bonds is 6. The third kappa shape index (κ3) is 4.01. The van der Waals surface area contributed by atoms with Crippen LogP contribution in [0.1, 0.15) is 39.5 Å². The number of nitrogens with zero attached hydrogens (tertiary/aromatic N) is 3. The third-order valence-electron chi connectivity index (χ3n) is 3.97. The smallest absolute Gasteiger partial charge is 0.227 e. The van der Waals surface area contributed by atoms with E-state index in [1.54, 1.807) is 0 Å². The summed E-state index contributed by atoms with van der Waals surface area (Å²) in [6.07, 6.45) is 4.82. The molecule has 19 heavy (non-hydrogen) atoms. The van der Waals surface area contributed by atoms with Crippen molar-refractivity contribution in [2.45, 2.75) is 52.1 Å². The van der Waals surface area contributed by atoms with Gasteiger partial charge in [0.05, 0.1) is 0 Å². The fraction of sp³-hybridized carbons (Fsp3) is 0.857. The second-order valence-electron chi connectivity index (χ2n) is 5.79. The molecule has 108 valence electrons. The molecule has 0 spiro atoms. The Bertz CT molecular complexity index is 352. The quantitative estimate of drug-likeness (QED) is 0.849. The normalized spacial score (nSPS) is 25.1. The van der Waals surface area contributed by atoms with Crippen molar-refractivity contribution in [3.8, 4) is 0 Å². The molecular formula is C14H26N4O. The van der Waals surface area contributed by atoms with Gasteiger partial charge in [-0.1, -0.05) is 32.3 Å². The zero-order valence-electron chi connectivity index (χ0n) is 12.3. The lowest BCUT2D eigenvalue weighted by Gasteiger charge is -2.42. The van der Waals surface area contributed by atoms with Crippen LogP contribution in [0.3, 0.4) is 0 Å². The molecule has 0 radical (unpaired) electrons. The van der Waals surface area contributed by atoms with Gasteiger partial charge in [-0.25, -0.2) is 0 Å². The number of hydrogen-bond acceptors (Lipinski definition) is 5. The topological polar surface area (TPSA) is 54.2 Å². The lowest BCUT2D eigenvalue weighted by molar-refractivity contribution is 0.0944. The predicted octanol–water partition coefficient (Wildman–Crippen LogP) is 1.71. The van der Waals surface area contributed by atoms with Crippen LogP contribution in [-0.4, -0.2) is 46.8 Å². The molecular weight excluding hydrogens is 240 g/mol. The van der Waals surface area contributed by atoms with Crippen molar-refractivity contribution >= 4 is 0 Å². The van der Waals surface area contributed by atoms with Gasteiger partial charge in [0.2, 0.25) is 5.89 Å². The van der Waals surface area contributed by atoms with Gasteiger partial charge in [-0.05, 0) is 12.3 Å². The van der Waals surface area contributed by atoms with Gasteiger partial charge in [-0.15, -0.1) is 0 Å². The molecule has 1 aliphatic heterocycles. The van der Waals surface area contributed by atoms with E-state index in [0.29, 0.717) is 18.0 Å². The van der Waals surface area contributed by atoms with Gasteiger partial charge in [0.25, 0.3) is 0 Å². The van der Waals surface area contributed by atoms with Crippen LogP contribution < -0.4 is 5.32 Å². The van der Waals surface area contributed by atoms with E-state index in [1.165, 1.54) is 19.2 Å². The van der Waals surface area contributed by atoms with Crippen LogP contribution in [0.4, 0.5) is 0 Å². The van der Waals surface area contributed by atoms with Gasteiger partial charge in [0, 0.05) is 38.1 Å². The number of piperazine rings is 1. The summed E-state index contributed by atoms with van der Waals surface area (Å²) in [6, 6.07) is 1.23. The molecule has 2 atom stereocenters. The molecule has 0 amide bonds. The average molecular weight is 266 g/mol. The molecule has 0 aromatic carbocycles. The maximum atomic E-state index is 5.09. The van der Waals surface area contributed by atoms with Crippen molar-refractivity contribution in [2.24, 2.45) is 5.92 Å². The van der Waals surface area contributed by atoms with E-state index in [2.05, 4.69) is 41.1 Å². The van der Waals surface area contributed by atoms with Crippen LogP contribution in [0.2, 0.25) is 0 Å². The molecule has 1 fully saturated rings. The predicted molar refractivity (Wildman–Crippen MR) is 74.9 cm³/mol. The second kappa shape index (κ2) is 7.01. The maximum absolute atomic E-state index is 5.09. The Hall–Kier alpha value is -0.940. The summed E-state index contributed by atoms with van der Waals surface area (Å²) in [5.74, 6) is 1.41. The SMILES string of the molecule is CCCC1CN(CCc2ncno2)C(C(C)C)CN1. The van der Waals surface area contributed by atoms with Gasteiger partial charge < -0.3 is 9.84 Å². The first kappa shape index (κ1) is 14.5. The summed E-state index contributed by atoms with van der Waals surface area (Å²) < 4.78 is 5.09. The van der Waals surface area contributed by atoms with Gasteiger partial charge >= 0.3 is 0 Å². The van der Waals surface area contributed by atoms with E-state index in [1.807, 2.05) is 0 Å². The van der Waals surface area contributed by atoms with Crippen LogP contribution in [0.25, 0.3) is 0 Å². The molecule has 0 bridgehead atoms. The number of nitrogens with one attached hydrogen (secondary N) is 1. The molecule has 5 heteroatoms. The molecule has 1 aliphatic rings. The molecule has 2 heterocycles. The first-order chi connectivity index (χ1) is 9.20. The molecule has 0 saturated carbocycles. The molecule has 2 rings (SSSR count). The van der Waals surface area contributed by atoms with Crippen molar-refractivity contribution in [1.82, 2.24) is 20.4 Å². The maximum Gasteiger partial charge on any atom is 0.227 e. The molecule has 1 aromatic heterocycles. The summed E-state index contributed by atoms with van der Waals surface area (Å²) in [6.45, 7) is 10.1. The van der Waals surface area contributed by atoms with Crippen LogP contribution in [0.15, 0.2) is 10.9 Å². The summed E-state index contributed by atoms with van der Waals surface area (Å²) >= 11 is 0. The van der Waals surface area contributed by atoms with E-state index in [0.717, 1.165) is 31.9 Å². The molecule has 0 aliphatic carbocycles. The minimum Gasteiger partial charge on any atom is -0.340 e. The Morgan fingerprint density at radius 3 is 3.00 bits per heavy atom. The van der Waals surface area contributed by atoms with Crippen molar-refractivity contribution in [2.75, 3.05) is 19.6 Å². The van der Waals surface area contributed by atoms with Crippen LogP contribution in [0, 0.1) is 5.92 Å². The Labute approximate surface area is 115 Å².